The van der Waals surface area contributed by atoms with Crippen molar-refractivity contribution in [3.63, 3.8) is 0 Å². The molecule has 8 nitrogen and oxygen atoms in total. The number of aromatic amines is 1. The van der Waals surface area contributed by atoms with Gasteiger partial charge in [-0.15, -0.1) is 11.3 Å². The third-order valence-corrected chi connectivity index (χ3v) is 9.11. The number of carbonyl (C=O) groups excluding carboxylic acids is 1. The van der Waals surface area contributed by atoms with E-state index in [9.17, 15) is 14.2 Å². The highest BCUT2D eigenvalue weighted by Gasteiger charge is 2.24. The molecule has 2 N–H and O–H groups in total. The second-order valence-corrected chi connectivity index (χ2v) is 14.0. The normalized spacial score (nSPS) is 11.9. The molecule has 0 unspecified atom stereocenters. The smallest absolute Gasteiger partial charge is 0.274 e. The SMILES string of the molecule is Cc1cc(C)nc(Oc2cc(P(C)(C)=O)sc2-c2cn(C)c(=O)c3[nH]c(C(=O)NC(C)C)cc23)c1. The summed E-state index contributed by atoms with van der Waals surface area (Å²) in [7, 11) is -0.941. The molecule has 35 heavy (non-hydrogen) atoms. The van der Waals surface area contributed by atoms with Crippen LogP contribution in [0.15, 0.2) is 35.3 Å². The van der Waals surface area contributed by atoms with Crippen LogP contribution in [0.3, 0.4) is 0 Å². The van der Waals surface area contributed by atoms with Crippen LogP contribution in [-0.4, -0.2) is 39.8 Å². The number of nitrogens with one attached hydrogen (secondary N) is 2. The Bertz CT molecular complexity index is 1540. The Labute approximate surface area is 207 Å². The highest BCUT2D eigenvalue weighted by Crippen LogP contribution is 2.46. The van der Waals surface area contributed by atoms with Crippen molar-refractivity contribution < 1.29 is 14.1 Å². The molecular weight excluding hydrogens is 483 g/mol. The summed E-state index contributed by atoms with van der Waals surface area (Å²) >= 11 is 1.36. The van der Waals surface area contributed by atoms with Crippen molar-refractivity contribution in [1.29, 1.82) is 0 Å². The van der Waals surface area contributed by atoms with E-state index in [1.807, 2.05) is 39.8 Å². The standard InChI is InChI=1S/C25H29N4O4PS/c1-13(2)26-24(30)18-10-16-17(12-29(5)25(31)22(16)28-18)23-19(11-21(35-23)34(6,7)32)33-20-9-14(3)8-15(4)27-20/h8-13,28H,1-7H3,(H,26,30). The van der Waals surface area contributed by atoms with Crippen molar-refractivity contribution in [1.82, 2.24) is 19.9 Å². The number of rotatable bonds is 6. The number of nitrogens with zero attached hydrogens (tertiary/aromatic N) is 2. The highest BCUT2D eigenvalue weighted by molar-refractivity contribution is 7.75. The van der Waals surface area contributed by atoms with E-state index in [1.165, 1.54) is 15.9 Å². The maximum absolute atomic E-state index is 13.0. The molecule has 0 aromatic carbocycles. The number of H-pyrrole nitrogens is 1. The van der Waals surface area contributed by atoms with Gasteiger partial charge in [0, 0.05) is 48.1 Å². The van der Waals surface area contributed by atoms with Crippen molar-refractivity contribution >= 4 is 39.9 Å². The van der Waals surface area contributed by atoms with Gasteiger partial charge in [0.25, 0.3) is 11.5 Å². The molecule has 0 aliphatic carbocycles. The average molecular weight is 513 g/mol. The summed E-state index contributed by atoms with van der Waals surface area (Å²) < 4.78 is 21.4. The molecule has 1 amide bonds. The van der Waals surface area contributed by atoms with Crippen LogP contribution in [-0.2, 0) is 11.6 Å². The number of fused-ring (bicyclic) bond motifs is 1. The average Bonchev–Trinajstić information content (AvgIpc) is 3.35. The molecule has 0 fully saturated rings. The van der Waals surface area contributed by atoms with Crippen LogP contribution in [0, 0.1) is 13.8 Å². The quantitative estimate of drug-likeness (QED) is 0.362. The Kier molecular flexibility index (Phi) is 6.51. The first kappa shape index (κ1) is 24.9. The van der Waals surface area contributed by atoms with E-state index < -0.39 is 7.14 Å². The number of hydrogen-bond donors (Lipinski definition) is 2. The number of aryl methyl sites for hydroxylation is 3. The molecule has 4 heterocycles. The molecule has 0 radical (unpaired) electrons. The maximum Gasteiger partial charge on any atom is 0.274 e. The van der Waals surface area contributed by atoms with Gasteiger partial charge in [0.05, 0.1) is 9.50 Å². The molecule has 4 aromatic heterocycles. The molecule has 0 atom stereocenters. The van der Waals surface area contributed by atoms with Crippen molar-refractivity contribution in [3.8, 4) is 22.1 Å². The monoisotopic (exact) mass is 512 g/mol. The highest BCUT2D eigenvalue weighted by atomic mass is 32.1. The van der Waals surface area contributed by atoms with E-state index in [4.69, 9.17) is 4.74 Å². The predicted octanol–water partition coefficient (Wildman–Crippen LogP) is 4.79. The van der Waals surface area contributed by atoms with E-state index in [-0.39, 0.29) is 17.5 Å². The summed E-state index contributed by atoms with van der Waals surface area (Å²) in [6, 6.07) is 7.21. The first-order valence-electron chi connectivity index (χ1n) is 11.2. The van der Waals surface area contributed by atoms with Crippen LogP contribution in [0.4, 0.5) is 0 Å². The number of hydrogen-bond acceptors (Lipinski definition) is 6. The summed E-state index contributed by atoms with van der Waals surface area (Å²) in [6.07, 6.45) is 1.72. The number of thiophene rings is 1. The van der Waals surface area contributed by atoms with Gasteiger partial charge in [-0.2, -0.15) is 0 Å². The van der Waals surface area contributed by atoms with Gasteiger partial charge in [-0.05, 0) is 58.7 Å². The van der Waals surface area contributed by atoms with Gasteiger partial charge >= 0.3 is 0 Å². The second-order valence-electron chi connectivity index (χ2n) is 9.41. The largest absolute Gasteiger partial charge is 0.437 e. The van der Waals surface area contributed by atoms with Gasteiger partial charge < -0.3 is 24.2 Å². The summed E-state index contributed by atoms with van der Waals surface area (Å²) in [5, 5.41) is 3.44. The van der Waals surface area contributed by atoms with Crippen LogP contribution in [0.2, 0.25) is 0 Å². The van der Waals surface area contributed by atoms with E-state index in [0.29, 0.717) is 43.3 Å². The first-order valence-corrected chi connectivity index (χ1v) is 14.6. The molecule has 0 aliphatic rings. The minimum atomic E-state index is -2.60. The minimum Gasteiger partial charge on any atom is -0.437 e. The fourth-order valence-electron chi connectivity index (χ4n) is 3.84. The fraction of sp³-hybridized carbons (Fsp3) is 0.320. The molecule has 4 rings (SSSR count). The van der Waals surface area contributed by atoms with Crippen LogP contribution >= 0.6 is 18.5 Å². The molecule has 0 saturated heterocycles. The molecule has 0 saturated carbocycles. The Morgan fingerprint density at radius 1 is 1.20 bits per heavy atom. The van der Waals surface area contributed by atoms with Crippen molar-refractivity contribution in [3.05, 3.63) is 57.8 Å². The lowest BCUT2D eigenvalue weighted by Gasteiger charge is -2.10. The lowest BCUT2D eigenvalue weighted by Crippen LogP contribution is -2.30. The minimum absolute atomic E-state index is 0.0513. The zero-order valence-electron chi connectivity index (χ0n) is 20.8. The Morgan fingerprint density at radius 3 is 2.54 bits per heavy atom. The van der Waals surface area contributed by atoms with Gasteiger partial charge in [-0.3, -0.25) is 9.59 Å². The van der Waals surface area contributed by atoms with E-state index in [0.717, 1.165) is 11.3 Å². The van der Waals surface area contributed by atoms with Crippen molar-refractivity contribution in [2.75, 3.05) is 13.3 Å². The number of aromatic nitrogens is 3. The zero-order valence-corrected chi connectivity index (χ0v) is 22.6. The summed E-state index contributed by atoms with van der Waals surface area (Å²) in [5.74, 6) is 0.640. The van der Waals surface area contributed by atoms with Crippen LogP contribution in [0.5, 0.6) is 11.6 Å². The fourth-order valence-corrected chi connectivity index (χ4v) is 6.27. The predicted molar refractivity (Wildman–Crippen MR) is 142 cm³/mol. The molecule has 0 spiro atoms. The van der Waals surface area contributed by atoms with Crippen LogP contribution in [0.1, 0.15) is 35.6 Å². The molecule has 10 heteroatoms. The number of pyridine rings is 2. The molecule has 184 valence electrons. The van der Waals surface area contributed by atoms with E-state index in [1.54, 1.807) is 38.7 Å². The van der Waals surface area contributed by atoms with E-state index >= 15 is 0 Å². The number of ether oxygens (including phenoxy) is 1. The van der Waals surface area contributed by atoms with Crippen LogP contribution in [0.25, 0.3) is 21.3 Å². The van der Waals surface area contributed by atoms with Gasteiger partial charge in [0.2, 0.25) is 5.88 Å². The lowest BCUT2D eigenvalue weighted by molar-refractivity contribution is 0.0939. The molecular formula is C25H29N4O4PS. The summed E-state index contributed by atoms with van der Waals surface area (Å²) in [6.45, 7) is 11.0. The third-order valence-electron chi connectivity index (χ3n) is 5.38. The van der Waals surface area contributed by atoms with Crippen molar-refractivity contribution in [2.24, 2.45) is 7.05 Å². The first-order chi connectivity index (χ1) is 16.3. The Hall–Kier alpha value is -3.16. The Morgan fingerprint density at radius 2 is 1.91 bits per heavy atom. The van der Waals surface area contributed by atoms with Gasteiger partial charge in [0.1, 0.15) is 24.1 Å². The lowest BCUT2D eigenvalue weighted by atomic mass is 10.1. The molecule has 4 aromatic rings. The van der Waals surface area contributed by atoms with Crippen molar-refractivity contribution in [2.45, 2.75) is 33.7 Å². The number of amides is 1. The van der Waals surface area contributed by atoms with Gasteiger partial charge in [-0.25, -0.2) is 4.98 Å². The maximum atomic E-state index is 13.0. The van der Waals surface area contributed by atoms with E-state index in [2.05, 4.69) is 15.3 Å². The molecule has 0 aliphatic heterocycles. The number of carbonyl (C=O) groups is 1. The second kappa shape index (κ2) is 9.13. The topological polar surface area (TPSA) is 106 Å². The van der Waals surface area contributed by atoms with Gasteiger partial charge in [-0.1, -0.05) is 0 Å². The van der Waals surface area contributed by atoms with Crippen LogP contribution < -0.4 is 20.2 Å². The third kappa shape index (κ3) is 5.11. The zero-order chi connectivity index (χ0) is 25.7. The molecule has 0 bridgehead atoms. The Balaban J connectivity index is 1.94. The van der Waals surface area contributed by atoms with Gasteiger partial charge in [0.15, 0.2) is 0 Å². The summed E-state index contributed by atoms with van der Waals surface area (Å²) in [5.41, 5.74) is 2.90. The summed E-state index contributed by atoms with van der Waals surface area (Å²) in [4.78, 5) is 33.7.